The number of nitrogens with one attached hydrogen (secondary N) is 1. The summed E-state index contributed by atoms with van der Waals surface area (Å²) >= 11 is 0. The molecule has 2 aliphatic heterocycles. The second kappa shape index (κ2) is 6.48. The SMILES string of the molecule is CCOC1CCN(C(=O)C2CC(=O)Nc3ccccc32)CC1. The van der Waals surface area contributed by atoms with Gasteiger partial charge in [0.1, 0.15) is 0 Å². The van der Waals surface area contributed by atoms with Gasteiger partial charge in [-0.05, 0) is 31.4 Å². The molecule has 1 aromatic carbocycles. The molecule has 1 unspecified atom stereocenters. The molecule has 5 heteroatoms. The molecule has 0 spiro atoms. The number of carbonyl (C=O) groups is 2. The lowest BCUT2D eigenvalue weighted by atomic mass is 9.88. The molecule has 0 aliphatic carbocycles. The number of benzene rings is 1. The Bertz CT molecular complexity index is 565. The number of nitrogens with zero attached hydrogens (tertiary/aromatic N) is 1. The quantitative estimate of drug-likeness (QED) is 0.930. The van der Waals surface area contributed by atoms with Crippen molar-refractivity contribution >= 4 is 17.5 Å². The first-order valence-corrected chi connectivity index (χ1v) is 7.98. The highest BCUT2D eigenvalue weighted by atomic mass is 16.5. The second-order valence-electron chi connectivity index (χ2n) is 5.87. The summed E-state index contributed by atoms with van der Waals surface area (Å²) < 4.78 is 5.63. The van der Waals surface area contributed by atoms with Crippen molar-refractivity contribution in [3.05, 3.63) is 29.8 Å². The van der Waals surface area contributed by atoms with Crippen LogP contribution < -0.4 is 5.32 Å². The molecule has 0 saturated carbocycles. The zero-order valence-electron chi connectivity index (χ0n) is 12.9. The first-order chi connectivity index (χ1) is 10.7. The van der Waals surface area contributed by atoms with E-state index in [-0.39, 0.29) is 30.3 Å². The van der Waals surface area contributed by atoms with Crippen LogP contribution in [-0.2, 0) is 14.3 Å². The average molecular weight is 302 g/mol. The topological polar surface area (TPSA) is 58.6 Å². The molecule has 1 saturated heterocycles. The summed E-state index contributed by atoms with van der Waals surface area (Å²) in [6, 6.07) is 7.58. The molecule has 1 aromatic rings. The third-order valence-electron chi connectivity index (χ3n) is 4.45. The molecule has 2 heterocycles. The Morgan fingerprint density at radius 1 is 1.32 bits per heavy atom. The molecule has 118 valence electrons. The van der Waals surface area contributed by atoms with Gasteiger partial charge in [-0.1, -0.05) is 18.2 Å². The van der Waals surface area contributed by atoms with E-state index < -0.39 is 0 Å². The third kappa shape index (κ3) is 2.99. The molecule has 1 N–H and O–H groups in total. The normalized spacial score (nSPS) is 22.1. The van der Waals surface area contributed by atoms with Crippen molar-refractivity contribution in [1.82, 2.24) is 4.90 Å². The van der Waals surface area contributed by atoms with Crippen LogP contribution >= 0.6 is 0 Å². The van der Waals surface area contributed by atoms with Gasteiger partial charge in [0.25, 0.3) is 0 Å². The van der Waals surface area contributed by atoms with Crippen molar-refractivity contribution in [2.75, 3.05) is 25.0 Å². The fraction of sp³-hybridized carbons (Fsp3) is 0.529. The molecule has 2 amide bonds. The van der Waals surface area contributed by atoms with Crippen LogP contribution in [0.15, 0.2) is 24.3 Å². The Balaban J connectivity index is 1.72. The Morgan fingerprint density at radius 2 is 2.05 bits per heavy atom. The standard InChI is InChI=1S/C17H22N2O3/c1-2-22-12-7-9-19(10-8-12)17(21)14-11-16(20)18-15-6-4-3-5-13(14)15/h3-6,12,14H,2,7-11H2,1H3,(H,18,20). The Morgan fingerprint density at radius 3 is 2.77 bits per heavy atom. The molecule has 5 nitrogen and oxygen atoms in total. The third-order valence-corrected chi connectivity index (χ3v) is 4.45. The van der Waals surface area contributed by atoms with Gasteiger partial charge in [-0.25, -0.2) is 0 Å². The van der Waals surface area contributed by atoms with Crippen molar-refractivity contribution < 1.29 is 14.3 Å². The number of fused-ring (bicyclic) bond motifs is 1. The highest BCUT2D eigenvalue weighted by Crippen LogP contribution is 2.34. The van der Waals surface area contributed by atoms with Crippen LogP contribution in [0.1, 0.15) is 37.7 Å². The first-order valence-electron chi connectivity index (χ1n) is 7.98. The minimum absolute atomic E-state index is 0.0669. The van der Waals surface area contributed by atoms with Gasteiger partial charge < -0.3 is 15.0 Å². The summed E-state index contributed by atoms with van der Waals surface area (Å²) in [7, 11) is 0. The van der Waals surface area contributed by atoms with Gasteiger partial charge >= 0.3 is 0 Å². The lowest BCUT2D eigenvalue weighted by Gasteiger charge is -2.35. The zero-order chi connectivity index (χ0) is 15.5. The number of hydrogen-bond donors (Lipinski definition) is 1. The van der Waals surface area contributed by atoms with E-state index in [2.05, 4.69) is 5.32 Å². The van der Waals surface area contributed by atoms with Crippen LogP contribution in [0, 0.1) is 0 Å². The van der Waals surface area contributed by atoms with Crippen molar-refractivity contribution in [1.29, 1.82) is 0 Å². The maximum atomic E-state index is 12.8. The summed E-state index contributed by atoms with van der Waals surface area (Å²) in [4.78, 5) is 26.6. The van der Waals surface area contributed by atoms with Crippen LogP contribution in [0.2, 0.25) is 0 Å². The van der Waals surface area contributed by atoms with Crippen LogP contribution in [-0.4, -0.2) is 42.5 Å². The lowest BCUT2D eigenvalue weighted by molar-refractivity contribution is -0.137. The number of piperidine rings is 1. The predicted molar refractivity (Wildman–Crippen MR) is 83.7 cm³/mol. The summed E-state index contributed by atoms with van der Waals surface area (Å²) in [5, 5.41) is 2.84. The van der Waals surface area contributed by atoms with Crippen molar-refractivity contribution in [2.24, 2.45) is 0 Å². The molecule has 3 rings (SSSR count). The smallest absolute Gasteiger partial charge is 0.230 e. The molecule has 0 aromatic heterocycles. The minimum Gasteiger partial charge on any atom is -0.378 e. The maximum Gasteiger partial charge on any atom is 0.230 e. The van der Waals surface area contributed by atoms with E-state index >= 15 is 0 Å². The molecule has 2 aliphatic rings. The van der Waals surface area contributed by atoms with E-state index in [4.69, 9.17) is 4.74 Å². The summed E-state index contributed by atoms with van der Waals surface area (Å²) in [5.74, 6) is -0.368. The fourth-order valence-electron chi connectivity index (χ4n) is 3.33. The number of rotatable bonds is 3. The summed E-state index contributed by atoms with van der Waals surface area (Å²) in [6.45, 7) is 4.14. The van der Waals surface area contributed by atoms with E-state index in [1.807, 2.05) is 36.1 Å². The van der Waals surface area contributed by atoms with E-state index in [9.17, 15) is 9.59 Å². The fourth-order valence-corrected chi connectivity index (χ4v) is 3.33. The number of para-hydroxylation sites is 1. The number of anilines is 1. The number of carbonyl (C=O) groups excluding carboxylic acids is 2. The average Bonchev–Trinajstić information content (AvgIpc) is 2.54. The Labute approximate surface area is 130 Å². The number of amides is 2. The monoisotopic (exact) mass is 302 g/mol. The van der Waals surface area contributed by atoms with E-state index in [0.29, 0.717) is 13.1 Å². The van der Waals surface area contributed by atoms with Crippen molar-refractivity contribution in [2.45, 2.75) is 38.2 Å². The van der Waals surface area contributed by atoms with Gasteiger partial charge in [-0.15, -0.1) is 0 Å². The van der Waals surface area contributed by atoms with Crippen LogP contribution in [0.25, 0.3) is 0 Å². The molecule has 0 radical (unpaired) electrons. The number of ether oxygens (including phenoxy) is 1. The molecule has 22 heavy (non-hydrogen) atoms. The van der Waals surface area contributed by atoms with Crippen molar-refractivity contribution in [3.63, 3.8) is 0 Å². The summed E-state index contributed by atoms with van der Waals surface area (Å²) in [5.41, 5.74) is 1.69. The van der Waals surface area contributed by atoms with Gasteiger partial charge in [0.2, 0.25) is 11.8 Å². The number of likely N-dealkylation sites (tertiary alicyclic amines) is 1. The van der Waals surface area contributed by atoms with Gasteiger partial charge in [0.05, 0.1) is 12.0 Å². The molecular weight excluding hydrogens is 280 g/mol. The van der Waals surface area contributed by atoms with Gasteiger partial charge in [0, 0.05) is 31.8 Å². The Hall–Kier alpha value is -1.88. The second-order valence-corrected chi connectivity index (χ2v) is 5.87. The van der Waals surface area contributed by atoms with Crippen LogP contribution in [0.3, 0.4) is 0 Å². The van der Waals surface area contributed by atoms with Gasteiger partial charge in [0.15, 0.2) is 0 Å². The molecular formula is C17H22N2O3. The molecule has 1 fully saturated rings. The number of hydrogen-bond acceptors (Lipinski definition) is 3. The first kappa shape index (κ1) is 15.0. The van der Waals surface area contributed by atoms with E-state index in [1.165, 1.54) is 0 Å². The van der Waals surface area contributed by atoms with E-state index in [1.54, 1.807) is 0 Å². The summed E-state index contributed by atoms with van der Waals surface area (Å²) in [6.07, 6.45) is 2.25. The molecule has 1 atom stereocenters. The van der Waals surface area contributed by atoms with E-state index in [0.717, 1.165) is 30.7 Å². The zero-order valence-corrected chi connectivity index (χ0v) is 12.9. The van der Waals surface area contributed by atoms with Crippen LogP contribution in [0.4, 0.5) is 5.69 Å². The Kier molecular flexibility index (Phi) is 4.43. The van der Waals surface area contributed by atoms with Crippen molar-refractivity contribution in [3.8, 4) is 0 Å². The largest absolute Gasteiger partial charge is 0.378 e. The highest BCUT2D eigenvalue weighted by molar-refractivity contribution is 6.01. The minimum atomic E-state index is -0.353. The maximum absolute atomic E-state index is 12.8. The predicted octanol–water partition coefficient (Wildman–Crippen LogP) is 2.14. The lowest BCUT2D eigenvalue weighted by Crippen LogP contribution is -2.44. The highest BCUT2D eigenvalue weighted by Gasteiger charge is 2.34. The van der Waals surface area contributed by atoms with Gasteiger partial charge in [-0.3, -0.25) is 9.59 Å². The van der Waals surface area contributed by atoms with Gasteiger partial charge in [-0.2, -0.15) is 0 Å². The molecule has 0 bridgehead atoms. The van der Waals surface area contributed by atoms with Crippen LogP contribution in [0.5, 0.6) is 0 Å².